The summed E-state index contributed by atoms with van der Waals surface area (Å²) >= 11 is 5.93. The van der Waals surface area contributed by atoms with E-state index in [4.69, 9.17) is 20.8 Å². The van der Waals surface area contributed by atoms with E-state index >= 15 is 0 Å². The Kier molecular flexibility index (Phi) is 3.62. The molecule has 0 fully saturated rings. The Morgan fingerprint density at radius 1 is 1.33 bits per heavy atom. The van der Waals surface area contributed by atoms with Gasteiger partial charge in [0, 0.05) is 10.4 Å². The lowest BCUT2D eigenvalue weighted by Gasteiger charge is -2.15. The van der Waals surface area contributed by atoms with E-state index in [1.54, 1.807) is 12.1 Å². The van der Waals surface area contributed by atoms with Crippen LogP contribution in [0.1, 0.15) is 25.5 Å². The van der Waals surface area contributed by atoms with Crippen LogP contribution in [0.4, 0.5) is 0 Å². The number of hydrogen-bond donors (Lipinski definition) is 0. The zero-order valence-electron chi connectivity index (χ0n) is 10.6. The van der Waals surface area contributed by atoms with Crippen molar-refractivity contribution < 1.29 is 13.9 Å². The molecule has 18 heavy (non-hydrogen) atoms. The maximum atomic E-state index is 11.8. The summed E-state index contributed by atoms with van der Waals surface area (Å²) in [4.78, 5) is 11.8. The molecule has 0 saturated carbocycles. The lowest BCUT2D eigenvalue weighted by atomic mass is 9.93. The van der Waals surface area contributed by atoms with Crippen LogP contribution in [-0.2, 0) is 9.53 Å². The number of rotatable bonds is 3. The van der Waals surface area contributed by atoms with Crippen LogP contribution < -0.4 is 0 Å². The second-order valence-electron chi connectivity index (χ2n) is 4.58. The average molecular weight is 267 g/mol. The third-order valence-corrected chi connectivity index (χ3v) is 3.16. The summed E-state index contributed by atoms with van der Waals surface area (Å²) in [5, 5.41) is 1.54. The smallest absolute Gasteiger partial charge is 0.316 e. The molecule has 0 spiro atoms. The van der Waals surface area contributed by atoms with E-state index in [9.17, 15) is 4.79 Å². The number of furan rings is 1. The van der Waals surface area contributed by atoms with Crippen LogP contribution >= 0.6 is 11.6 Å². The van der Waals surface area contributed by atoms with Crippen molar-refractivity contribution >= 4 is 28.5 Å². The number of benzene rings is 1. The van der Waals surface area contributed by atoms with Crippen molar-refractivity contribution in [2.75, 3.05) is 7.11 Å². The first-order valence-electron chi connectivity index (χ1n) is 5.79. The fraction of sp³-hybridized carbons (Fsp3) is 0.357. The fourth-order valence-corrected chi connectivity index (χ4v) is 2.21. The molecule has 4 heteroatoms. The minimum atomic E-state index is -0.388. The molecule has 0 amide bonds. The van der Waals surface area contributed by atoms with E-state index in [0.717, 1.165) is 11.0 Å². The molecule has 96 valence electrons. The molecule has 0 aliphatic heterocycles. The number of carbonyl (C=O) groups excluding carboxylic acids is 1. The Labute approximate surface area is 111 Å². The molecule has 1 atom stereocenters. The molecule has 1 aromatic carbocycles. The third-order valence-electron chi connectivity index (χ3n) is 2.93. The molecule has 0 aliphatic rings. The van der Waals surface area contributed by atoms with Gasteiger partial charge in [0.1, 0.15) is 17.3 Å². The van der Waals surface area contributed by atoms with E-state index in [1.165, 1.54) is 7.11 Å². The highest BCUT2D eigenvalue weighted by Gasteiger charge is 2.28. The van der Waals surface area contributed by atoms with E-state index in [1.807, 2.05) is 26.0 Å². The van der Waals surface area contributed by atoms with Gasteiger partial charge < -0.3 is 9.15 Å². The van der Waals surface area contributed by atoms with Gasteiger partial charge in [-0.25, -0.2) is 0 Å². The van der Waals surface area contributed by atoms with Crippen molar-refractivity contribution in [3.63, 3.8) is 0 Å². The SMILES string of the molecule is COC(=O)C(c1cc2cc(Cl)ccc2o1)C(C)C. The number of hydrogen-bond acceptors (Lipinski definition) is 3. The fourth-order valence-electron chi connectivity index (χ4n) is 2.03. The van der Waals surface area contributed by atoms with Crippen LogP contribution in [0, 0.1) is 5.92 Å². The third kappa shape index (κ3) is 2.36. The van der Waals surface area contributed by atoms with Crippen LogP contribution in [0.2, 0.25) is 5.02 Å². The summed E-state index contributed by atoms with van der Waals surface area (Å²) in [7, 11) is 1.39. The van der Waals surface area contributed by atoms with Gasteiger partial charge in [-0.2, -0.15) is 0 Å². The van der Waals surface area contributed by atoms with Crippen molar-refractivity contribution in [2.24, 2.45) is 5.92 Å². The standard InChI is InChI=1S/C14H15ClO3/c1-8(2)13(14(16)17-3)12-7-9-6-10(15)4-5-11(9)18-12/h4-8,13H,1-3H3. The Balaban J connectivity index is 2.48. The monoisotopic (exact) mass is 266 g/mol. The van der Waals surface area contributed by atoms with Crippen LogP contribution in [0.15, 0.2) is 28.7 Å². The van der Waals surface area contributed by atoms with Crippen LogP contribution in [-0.4, -0.2) is 13.1 Å². The maximum absolute atomic E-state index is 11.8. The van der Waals surface area contributed by atoms with E-state index in [-0.39, 0.29) is 17.8 Å². The molecule has 0 bridgehead atoms. The van der Waals surface area contributed by atoms with Gasteiger partial charge in [-0.1, -0.05) is 25.4 Å². The molecule has 1 aromatic heterocycles. The van der Waals surface area contributed by atoms with Crippen molar-refractivity contribution in [3.05, 3.63) is 35.0 Å². The lowest BCUT2D eigenvalue weighted by molar-refractivity contribution is -0.144. The molecular weight excluding hydrogens is 252 g/mol. The topological polar surface area (TPSA) is 39.4 Å². The summed E-state index contributed by atoms with van der Waals surface area (Å²) in [6.07, 6.45) is 0. The minimum absolute atomic E-state index is 0.105. The summed E-state index contributed by atoms with van der Waals surface area (Å²) in [6.45, 7) is 3.92. The summed E-state index contributed by atoms with van der Waals surface area (Å²) in [5.74, 6) is 0.0546. The second-order valence-corrected chi connectivity index (χ2v) is 5.01. The van der Waals surface area contributed by atoms with Crippen LogP contribution in [0.3, 0.4) is 0 Å². The van der Waals surface area contributed by atoms with Gasteiger partial charge in [0.05, 0.1) is 7.11 Å². The van der Waals surface area contributed by atoms with Gasteiger partial charge in [-0.3, -0.25) is 4.79 Å². The number of carbonyl (C=O) groups is 1. The zero-order valence-corrected chi connectivity index (χ0v) is 11.3. The Morgan fingerprint density at radius 2 is 2.06 bits per heavy atom. The average Bonchev–Trinajstić information content (AvgIpc) is 2.70. The summed E-state index contributed by atoms with van der Waals surface area (Å²) in [5.41, 5.74) is 0.726. The molecule has 0 saturated heterocycles. The number of esters is 1. The predicted molar refractivity (Wildman–Crippen MR) is 70.8 cm³/mol. The lowest BCUT2D eigenvalue weighted by Crippen LogP contribution is -2.18. The Hall–Kier alpha value is -1.48. The first-order chi connectivity index (χ1) is 8.52. The first-order valence-corrected chi connectivity index (χ1v) is 6.17. The molecule has 3 nitrogen and oxygen atoms in total. The summed E-state index contributed by atoms with van der Waals surface area (Å²) < 4.78 is 10.5. The largest absolute Gasteiger partial charge is 0.468 e. The molecule has 1 unspecified atom stereocenters. The van der Waals surface area contributed by atoms with Gasteiger partial charge >= 0.3 is 5.97 Å². The Bertz CT molecular complexity index is 571. The first kappa shape index (κ1) is 13.0. The summed E-state index contributed by atoms with van der Waals surface area (Å²) in [6, 6.07) is 7.23. The molecular formula is C14H15ClO3. The number of methoxy groups -OCH3 is 1. The number of fused-ring (bicyclic) bond motifs is 1. The van der Waals surface area contributed by atoms with Gasteiger partial charge in [-0.15, -0.1) is 0 Å². The van der Waals surface area contributed by atoms with Crippen molar-refractivity contribution in [1.82, 2.24) is 0 Å². The zero-order chi connectivity index (χ0) is 13.3. The minimum Gasteiger partial charge on any atom is -0.468 e. The molecule has 0 aliphatic carbocycles. The van der Waals surface area contributed by atoms with Gasteiger partial charge in [0.2, 0.25) is 0 Å². The molecule has 0 N–H and O–H groups in total. The molecule has 0 radical (unpaired) electrons. The molecule has 1 heterocycles. The van der Waals surface area contributed by atoms with Crippen molar-refractivity contribution in [2.45, 2.75) is 19.8 Å². The van der Waals surface area contributed by atoms with E-state index in [2.05, 4.69) is 0 Å². The van der Waals surface area contributed by atoms with Crippen molar-refractivity contribution in [1.29, 1.82) is 0 Å². The van der Waals surface area contributed by atoms with E-state index in [0.29, 0.717) is 10.8 Å². The molecule has 2 rings (SSSR count). The predicted octanol–water partition coefficient (Wildman–Crippen LogP) is 4.00. The quantitative estimate of drug-likeness (QED) is 0.789. The number of halogens is 1. The molecule has 2 aromatic rings. The van der Waals surface area contributed by atoms with Gasteiger partial charge in [0.15, 0.2) is 0 Å². The highest BCUT2D eigenvalue weighted by molar-refractivity contribution is 6.31. The maximum Gasteiger partial charge on any atom is 0.316 e. The van der Waals surface area contributed by atoms with Gasteiger partial charge in [0.25, 0.3) is 0 Å². The Morgan fingerprint density at radius 3 is 2.67 bits per heavy atom. The normalized spacial score (nSPS) is 12.9. The van der Waals surface area contributed by atoms with E-state index < -0.39 is 0 Å². The van der Waals surface area contributed by atoms with Crippen molar-refractivity contribution in [3.8, 4) is 0 Å². The second kappa shape index (κ2) is 5.02. The highest BCUT2D eigenvalue weighted by atomic mass is 35.5. The number of ether oxygens (including phenoxy) is 1. The van der Waals surface area contributed by atoms with Crippen LogP contribution in [0.25, 0.3) is 11.0 Å². The van der Waals surface area contributed by atoms with Crippen LogP contribution in [0.5, 0.6) is 0 Å². The van der Waals surface area contributed by atoms with Gasteiger partial charge in [-0.05, 0) is 30.2 Å². The highest BCUT2D eigenvalue weighted by Crippen LogP contribution is 2.32.